The second-order valence-corrected chi connectivity index (χ2v) is 4.48. The van der Waals surface area contributed by atoms with E-state index in [0.29, 0.717) is 4.88 Å². The number of carbonyl (C=O) groups is 2. The van der Waals surface area contributed by atoms with Gasteiger partial charge in [0.25, 0.3) is 0 Å². The van der Waals surface area contributed by atoms with Gasteiger partial charge in [-0.2, -0.15) is 0 Å². The number of carbonyl (C=O) groups excluding carboxylic acids is 2. The van der Waals surface area contributed by atoms with Crippen LogP contribution in [0.15, 0.2) is 12.1 Å². The van der Waals surface area contributed by atoms with Crippen LogP contribution in [0.3, 0.4) is 0 Å². The summed E-state index contributed by atoms with van der Waals surface area (Å²) in [5.41, 5.74) is 0. The van der Waals surface area contributed by atoms with Crippen LogP contribution in [0, 0.1) is 10.1 Å². The van der Waals surface area contributed by atoms with Crippen molar-refractivity contribution in [1.82, 2.24) is 0 Å². The standard InChI is InChI=1S/C9H7NO5S/c11-8-3-5(4-9(12)15-8)6-1-2-7(16-6)10(13)14/h1-2,5H,3-4H2. The molecule has 0 saturated carbocycles. The van der Waals surface area contributed by atoms with Gasteiger partial charge in [-0.1, -0.05) is 11.3 Å². The fourth-order valence-corrected chi connectivity index (χ4v) is 2.47. The first-order valence-corrected chi connectivity index (χ1v) is 5.35. The zero-order valence-corrected chi connectivity index (χ0v) is 8.86. The van der Waals surface area contributed by atoms with Crippen LogP contribution < -0.4 is 0 Å². The number of rotatable bonds is 2. The first kappa shape index (κ1) is 10.7. The number of hydrogen-bond donors (Lipinski definition) is 0. The molecule has 1 saturated heterocycles. The van der Waals surface area contributed by atoms with Gasteiger partial charge < -0.3 is 4.74 Å². The molecule has 1 fully saturated rings. The summed E-state index contributed by atoms with van der Waals surface area (Å²) in [4.78, 5) is 32.7. The average molecular weight is 241 g/mol. The molecule has 0 bridgehead atoms. The van der Waals surface area contributed by atoms with Crippen molar-refractivity contribution >= 4 is 28.3 Å². The molecule has 1 aromatic rings. The third kappa shape index (κ3) is 2.08. The largest absolute Gasteiger partial charge is 0.393 e. The minimum absolute atomic E-state index is 0.0152. The molecule has 0 aliphatic carbocycles. The van der Waals surface area contributed by atoms with Gasteiger partial charge in [0.15, 0.2) is 0 Å². The molecule has 1 aromatic heterocycles. The van der Waals surface area contributed by atoms with Crippen molar-refractivity contribution < 1.29 is 19.2 Å². The third-order valence-corrected chi connectivity index (χ3v) is 3.45. The van der Waals surface area contributed by atoms with E-state index in [0.717, 1.165) is 11.3 Å². The molecular weight excluding hydrogens is 234 g/mol. The van der Waals surface area contributed by atoms with Crippen LogP contribution >= 0.6 is 11.3 Å². The van der Waals surface area contributed by atoms with Crippen LogP contribution in [0.1, 0.15) is 23.6 Å². The van der Waals surface area contributed by atoms with Crippen LogP contribution in [0.2, 0.25) is 0 Å². The van der Waals surface area contributed by atoms with E-state index in [9.17, 15) is 19.7 Å². The summed E-state index contributed by atoms with van der Waals surface area (Å²) in [7, 11) is 0. The molecule has 0 aromatic carbocycles. The zero-order valence-electron chi connectivity index (χ0n) is 8.04. The maximum absolute atomic E-state index is 11.0. The molecule has 1 aliphatic heterocycles. The minimum atomic E-state index is -0.572. The predicted octanol–water partition coefficient (Wildman–Crippen LogP) is 1.60. The van der Waals surface area contributed by atoms with Crippen LogP contribution in [0.4, 0.5) is 5.00 Å². The van der Waals surface area contributed by atoms with Gasteiger partial charge in [-0.25, -0.2) is 0 Å². The molecule has 0 N–H and O–H groups in total. The van der Waals surface area contributed by atoms with E-state index in [1.807, 2.05) is 0 Å². The molecule has 0 amide bonds. The van der Waals surface area contributed by atoms with Gasteiger partial charge in [0, 0.05) is 16.9 Å². The van der Waals surface area contributed by atoms with Crippen molar-refractivity contribution in [3.63, 3.8) is 0 Å². The van der Waals surface area contributed by atoms with E-state index in [1.54, 1.807) is 6.07 Å². The van der Waals surface area contributed by atoms with Crippen molar-refractivity contribution in [1.29, 1.82) is 0 Å². The normalized spacial score (nSPS) is 17.2. The number of hydrogen-bond acceptors (Lipinski definition) is 6. The van der Waals surface area contributed by atoms with Crippen LogP contribution in [-0.4, -0.2) is 16.9 Å². The fraction of sp³-hybridized carbons (Fsp3) is 0.333. The molecule has 0 radical (unpaired) electrons. The number of thiophene rings is 1. The van der Waals surface area contributed by atoms with E-state index in [4.69, 9.17) is 0 Å². The van der Waals surface area contributed by atoms with Gasteiger partial charge in [0.2, 0.25) is 0 Å². The highest BCUT2D eigenvalue weighted by atomic mass is 32.1. The van der Waals surface area contributed by atoms with E-state index >= 15 is 0 Å². The van der Waals surface area contributed by atoms with E-state index in [-0.39, 0.29) is 23.8 Å². The van der Waals surface area contributed by atoms with Crippen LogP contribution in [-0.2, 0) is 14.3 Å². The maximum Gasteiger partial charge on any atom is 0.324 e. The molecule has 6 nitrogen and oxygen atoms in total. The molecule has 2 heterocycles. The monoisotopic (exact) mass is 241 g/mol. The Hall–Kier alpha value is -1.76. The Kier molecular flexibility index (Phi) is 2.69. The number of cyclic esters (lactones) is 2. The first-order valence-electron chi connectivity index (χ1n) is 4.54. The Labute approximate surface area is 94.0 Å². The van der Waals surface area contributed by atoms with Gasteiger partial charge in [0.1, 0.15) is 0 Å². The number of nitrogens with zero attached hydrogens (tertiary/aromatic N) is 1. The smallest absolute Gasteiger partial charge is 0.324 e. The van der Waals surface area contributed by atoms with Crippen LogP contribution in [0.5, 0.6) is 0 Å². The molecule has 16 heavy (non-hydrogen) atoms. The van der Waals surface area contributed by atoms with Gasteiger partial charge in [0.05, 0.1) is 17.8 Å². The number of esters is 2. The molecule has 1 aliphatic rings. The Morgan fingerprint density at radius 1 is 1.31 bits per heavy atom. The fourth-order valence-electron chi connectivity index (χ4n) is 1.55. The van der Waals surface area contributed by atoms with Crippen molar-refractivity contribution in [2.75, 3.05) is 0 Å². The quantitative estimate of drug-likeness (QED) is 0.339. The summed E-state index contributed by atoms with van der Waals surface area (Å²) < 4.78 is 4.39. The lowest BCUT2D eigenvalue weighted by Gasteiger charge is -2.17. The summed E-state index contributed by atoms with van der Waals surface area (Å²) in [6, 6.07) is 2.96. The van der Waals surface area contributed by atoms with Gasteiger partial charge >= 0.3 is 16.9 Å². The van der Waals surface area contributed by atoms with E-state index in [1.165, 1.54) is 6.07 Å². The lowest BCUT2D eigenvalue weighted by Crippen LogP contribution is -2.23. The van der Waals surface area contributed by atoms with Gasteiger partial charge in [-0.3, -0.25) is 19.7 Å². The highest BCUT2D eigenvalue weighted by Crippen LogP contribution is 2.35. The Morgan fingerprint density at radius 2 is 1.94 bits per heavy atom. The summed E-state index contributed by atoms with van der Waals surface area (Å²) in [6.45, 7) is 0. The summed E-state index contributed by atoms with van der Waals surface area (Å²) in [5, 5.41) is 10.5. The van der Waals surface area contributed by atoms with Gasteiger partial charge in [-0.05, 0) is 6.07 Å². The summed E-state index contributed by atoms with van der Waals surface area (Å²) in [6.07, 6.45) is 0.201. The Morgan fingerprint density at radius 3 is 2.44 bits per heavy atom. The molecule has 0 spiro atoms. The third-order valence-electron chi connectivity index (χ3n) is 2.25. The van der Waals surface area contributed by atoms with Crippen LogP contribution in [0.25, 0.3) is 0 Å². The minimum Gasteiger partial charge on any atom is -0.393 e. The zero-order chi connectivity index (χ0) is 11.7. The first-order chi connectivity index (χ1) is 7.56. The molecule has 7 heteroatoms. The number of ether oxygens (including phenoxy) is 1. The predicted molar refractivity (Wildman–Crippen MR) is 54.0 cm³/mol. The van der Waals surface area contributed by atoms with E-state index in [2.05, 4.69) is 4.74 Å². The SMILES string of the molecule is O=C1CC(c2ccc([N+](=O)[O-])s2)CC(=O)O1. The van der Waals surface area contributed by atoms with Gasteiger partial charge in [-0.15, -0.1) is 0 Å². The molecular formula is C9H7NO5S. The number of nitro groups is 1. The Balaban J connectivity index is 2.19. The molecule has 84 valence electrons. The van der Waals surface area contributed by atoms with Crippen molar-refractivity contribution in [3.8, 4) is 0 Å². The van der Waals surface area contributed by atoms with E-state index < -0.39 is 16.9 Å². The maximum atomic E-state index is 11.0. The topological polar surface area (TPSA) is 86.5 Å². The lowest BCUT2D eigenvalue weighted by molar-refractivity contribution is -0.380. The highest BCUT2D eigenvalue weighted by Gasteiger charge is 2.30. The molecule has 0 atom stereocenters. The summed E-state index contributed by atoms with van der Waals surface area (Å²) in [5.74, 6) is -1.43. The Bertz CT molecular complexity index is 450. The van der Waals surface area contributed by atoms with Crippen molar-refractivity contribution in [3.05, 3.63) is 27.1 Å². The average Bonchev–Trinajstić information content (AvgIpc) is 2.64. The summed E-state index contributed by atoms with van der Waals surface area (Å²) >= 11 is 0.992. The second kappa shape index (κ2) is 4.01. The van der Waals surface area contributed by atoms with Crippen molar-refractivity contribution in [2.24, 2.45) is 0 Å². The van der Waals surface area contributed by atoms with Crippen molar-refractivity contribution in [2.45, 2.75) is 18.8 Å². The molecule has 0 unspecified atom stereocenters. The lowest BCUT2D eigenvalue weighted by atomic mass is 9.98. The molecule has 2 rings (SSSR count). The second-order valence-electron chi connectivity index (χ2n) is 3.38. The highest BCUT2D eigenvalue weighted by molar-refractivity contribution is 7.15.